The fourth-order valence-corrected chi connectivity index (χ4v) is 3.81. The van der Waals surface area contributed by atoms with Crippen LogP contribution in [0, 0.1) is 6.92 Å². The first-order valence-corrected chi connectivity index (χ1v) is 9.68. The topological polar surface area (TPSA) is 133 Å². The zero-order valence-electron chi connectivity index (χ0n) is 16.8. The van der Waals surface area contributed by atoms with Crippen LogP contribution in [-0.2, 0) is 31.3 Å². The van der Waals surface area contributed by atoms with Crippen LogP contribution in [0.25, 0.3) is 10.9 Å². The van der Waals surface area contributed by atoms with Gasteiger partial charge < -0.3 is 10.5 Å². The van der Waals surface area contributed by atoms with Crippen molar-refractivity contribution in [3.63, 3.8) is 0 Å². The van der Waals surface area contributed by atoms with Gasteiger partial charge in [0.25, 0.3) is 11.5 Å². The molecule has 0 radical (unpaired) electrons. The van der Waals surface area contributed by atoms with Crippen LogP contribution >= 0.6 is 0 Å². The summed E-state index contributed by atoms with van der Waals surface area (Å²) in [5, 5.41) is 2.37. The summed E-state index contributed by atoms with van der Waals surface area (Å²) < 4.78 is 6.48. The number of benzene rings is 2. The molecule has 9 nitrogen and oxygen atoms in total. The second-order valence-corrected chi connectivity index (χ2v) is 7.38. The zero-order chi connectivity index (χ0) is 22.2. The largest absolute Gasteiger partial charge is 0.459 e. The molecule has 0 spiro atoms. The highest BCUT2D eigenvalue weighted by Gasteiger charge is 2.54. The van der Waals surface area contributed by atoms with E-state index in [-0.39, 0.29) is 30.7 Å². The minimum Gasteiger partial charge on any atom is -0.459 e. The van der Waals surface area contributed by atoms with E-state index >= 15 is 0 Å². The minimum atomic E-state index is -2.05. The molecule has 158 valence electrons. The van der Waals surface area contributed by atoms with Gasteiger partial charge in [0.05, 0.1) is 10.9 Å². The summed E-state index contributed by atoms with van der Waals surface area (Å²) in [6, 6.07) is 13.5. The molecule has 2 aromatic carbocycles. The number of nitrogen functional groups attached to an aromatic ring is 1. The summed E-state index contributed by atoms with van der Waals surface area (Å²) in [4.78, 5) is 55.9. The van der Waals surface area contributed by atoms with Crippen LogP contribution in [0.2, 0.25) is 0 Å². The van der Waals surface area contributed by atoms with Gasteiger partial charge >= 0.3 is 5.97 Å². The van der Waals surface area contributed by atoms with Gasteiger partial charge in [-0.25, -0.2) is 9.78 Å². The zero-order valence-corrected chi connectivity index (χ0v) is 16.8. The Bertz CT molecular complexity index is 1270. The Morgan fingerprint density at radius 1 is 1.19 bits per heavy atom. The maximum Gasteiger partial charge on any atom is 0.342 e. The van der Waals surface area contributed by atoms with Crippen molar-refractivity contribution >= 4 is 34.4 Å². The standard InChI is InChI=1S/C22H20N4O5/c1-13-24-17-11-15(23)7-8-16(17)19(28)26(13)22(10-9-18(27)25-20(22)29)21(30)31-12-14-5-3-2-4-6-14/h2-8,11H,9-10,12,23H2,1H3,(H,25,27,29). The third kappa shape index (κ3) is 3.43. The molecule has 2 amide bonds. The Morgan fingerprint density at radius 3 is 2.65 bits per heavy atom. The molecule has 1 aromatic heterocycles. The predicted octanol–water partition coefficient (Wildman–Crippen LogP) is 1.16. The van der Waals surface area contributed by atoms with E-state index in [9.17, 15) is 19.2 Å². The average molecular weight is 420 g/mol. The molecule has 31 heavy (non-hydrogen) atoms. The number of aromatic nitrogens is 2. The van der Waals surface area contributed by atoms with Crippen molar-refractivity contribution in [2.45, 2.75) is 31.9 Å². The lowest BCUT2D eigenvalue weighted by molar-refractivity contribution is -0.164. The monoisotopic (exact) mass is 420 g/mol. The number of hydrogen-bond donors (Lipinski definition) is 2. The molecule has 1 aliphatic heterocycles. The third-order valence-corrected chi connectivity index (χ3v) is 5.34. The Labute approximate surface area is 176 Å². The highest BCUT2D eigenvalue weighted by Crippen LogP contribution is 2.30. The molecular formula is C22H20N4O5. The lowest BCUT2D eigenvalue weighted by Crippen LogP contribution is -2.62. The molecular weight excluding hydrogens is 400 g/mol. The number of esters is 1. The number of anilines is 1. The Morgan fingerprint density at radius 2 is 1.94 bits per heavy atom. The lowest BCUT2D eigenvalue weighted by atomic mass is 9.87. The summed E-state index contributed by atoms with van der Waals surface area (Å²) >= 11 is 0. The first kappa shape index (κ1) is 20.3. The first-order valence-electron chi connectivity index (χ1n) is 9.68. The molecule has 0 saturated carbocycles. The number of nitrogens with one attached hydrogen (secondary N) is 1. The number of rotatable bonds is 4. The van der Waals surface area contributed by atoms with Crippen LogP contribution in [-0.4, -0.2) is 27.3 Å². The van der Waals surface area contributed by atoms with E-state index in [0.29, 0.717) is 11.2 Å². The highest BCUT2D eigenvalue weighted by molar-refractivity contribution is 6.13. The minimum absolute atomic E-state index is 0.0893. The van der Waals surface area contributed by atoms with E-state index < -0.39 is 28.9 Å². The van der Waals surface area contributed by atoms with Gasteiger partial charge in [0.2, 0.25) is 11.4 Å². The quantitative estimate of drug-likeness (QED) is 0.280. The maximum atomic E-state index is 13.4. The van der Waals surface area contributed by atoms with Crippen LogP contribution in [0.3, 0.4) is 0 Å². The number of piperidine rings is 1. The van der Waals surface area contributed by atoms with E-state index in [2.05, 4.69) is 10.3 Å². The van der Waals surface area contributed by atoms with Gasteiger partial charge in [-0.15, -0.1) is 0 Å². The molecule has 1 saturated heterocycles. The van der Waals surface area contributed by atoms with Gasteiger partial charge in [-0.2, -0.15) is 0 Å². The predicted molar refractivity (Wildman–Crippen MR) is 112 cm³/mol. The van der Waals surface area contributed by atoms with Crippen LogP contribution in [0.4, 0.5) is 5.69 Å². The molecule has 9 heteroatoms. The van der Waals surface area contributed by atoms with Gasteiger partial charge in [-0.3, -0.25) is 24.3 Å². The number of fused-ring (bicyclic) bond motifs is 1. The molecule has 1 fully saturated rings. The summed E-state index contributed by atoms with van der Waals surface area (Å²) in [6.45, 7) is 1.42. The molecule has 4 rings (SSSR count). The van der Waals surface area contributed by atoms with Gasteiger partial charge in [0.15, 0.2) is 0 Å². The van der Waals surface area contributed by atoms with Gasteiger partial charge in [-0.05, 0) is 37.1 Å². The second-order valence-electron chi connectivity index (χ2n) is 7.38. The Kier molecular flexibility index (Phi) is 5.02. The van der Waals surface area contributed by atoms with Crippen molar-refractivity contribution in [3.05, 3.63) is 70.3 Å². The fourth-order valence-electron chi connectivity index (χ4n) is 3.81. The van der Waals surface area contributed by atoms with E-state index in [4.69, 9.17) is 10.5 Å². The Balaban J connectivity index is 1.85. The van der Waals surface area contributed by atoms with Crippen LogP contribution < -0.4 is 16.6 Å². The first-order chi connectivity index (χ1) is 14.8. The molecule has 0 aliphatic carbocycles. The van der Waals surface area contributed by atoms with E-state index in [1.54, 1.807) is 30.3 Å². The second kappa shape index (κ2) is 7.67. The van der Waals surface area contributed by atoms with Crippen LogP contribution in [0.1, 0.15) is 24.2 Å². The number of hydrogen-bond acceptors (Lipinski definition) is 7. The number of ether oxygens (including phenoxy) is 1. The van der Waals surface area contributed by atoms with E-state index in [0.717, 1.165) is 10.1 Å². The molecule has 0 bridgehead atoms. The Hall–Kier alpha value is -4.01. The number of nitrogens with zero attached hydrogens (tertiary/aromatic N) is 2. The third-order valence-electron chi connectivity index (χ3n) is 5.34. The lowest BCUT2D eigenvalue weighted by Gasteiger charge is -2.35. The van der Waals surface area contributed by atoms with Crippen LogP contribution in [0.15, 0.2) is 53.3 Å². The number of nitrogens with two attached hydrogens (primary N) is 1. The summed E-state index contributed by atoms with van der Waals surface area (Å²) in [7, 11) is 0. The van der Waals surface area contributed by atoms with Crippen molar-refractivity contribution in [3.8, 4) is 0 Å². The van der Waals surface area contributed by atoms with Crippen molar-refractivity contribution in [1.29, 1.82) is 0 Å². The van der Waals surface area contributed by atoms with Gasteiger partial charge in [0, 0.05) is 12.1 Å². The number of amides is 2. The summed E-state index contributed by atoms with van der Waals surface area (Å²) in [6.07, 6.45) is -0.341. The molecule has 3 N–H and O–H groups in total. The normalized spacial score (nSPS) is 18.6. The molecule has 3 aromatic rings. The number of carbonyl (C=O) groups is 3. The van der Waals surface area contributed by atoms with Crippen molar-refractivity contribution in [1.82, 2.24) is 14.9 Å². The van der Waals surface area contributed by atoms with E-state index in [1.807, 2.05) is 6.07 Å². The molecule has 2 heterocycles. The molecule has 1 aliphatic rings. The smallest absolute Gasteiger partial charge is 0.342 e. The highest BCUT2D eigenvalue weighted by atomic mass is 16.5. The molecule has 1 unspecified atom stereocenters. The molecule has 1 atom stereocenters. The van der Waals surface area contributed by atoms with Crippen LogP contribution in [0.5, 0.6) is 0 Å². The number of imide groups is 1. The van der Waals surface area contributed by atoms with E-state index in [1.165, 1.54) is 19.1 Å². The number of carbonyl (C=O) groups excluding carboxylic acids is 3. The van der Waals surface area contributed by atoms with Gasteiger partial charge in [0.1, 0.15) is 12.4 Å². The van der Waals surface area contributed by atoms with Crippen molar-refractivity contribution in [2.24, 2.45) is 0 Å². The van der Waals surface area contributed by atoms with Crippen molar-refractivity contribution < 1.29 is 19.1 Å². The van der Waals surface area contributed by atoms with Crippen molar-refractivity contribution in [2.75, 3.05) is 5.73 Å². The maximum absolute atomic E-state index is 13.4. The number of aryl methyl sites for hydroxylation is 1. The fraction of sp³-hybridized carbons (Fsp3) is 0.227. The summed E-state index contributed by atoms with van der Waals surface area (Å²) in [5.41, 5.74) is 4.63. The summed E-state index contributed by atoms with van der Waals surface area (Å²) in [5.74, 6) is -2.24. The average Bonchev–Trinajstić information content (AvgIpc) is 2.74. The van der Waals surface area contributed by atoms with Gasteiger partial charge in [-0.1, -0.05) is 30.3 Å². The SMILES string of the molecule is Cc1nc2cc(N)ccc2c(=O)n1C1(C(=O)OCc2ccccc2)CCC(=O)NC1=O.